The van der Waals surface area contributed by atoms with Crippen LogP contribution < -0.4 is 0 Å². The zero-order valence-corrected chi connectivity index (χ0v) is 9.35. The van der Waals surface area contributed by atoms with E-state index in [1.807, 2.05) is 6.92 Å². The molecule has 0 rings (SSSR count). The number of aliphatic carboxylic acids is 2. The Bertz CT molecular complexity index is 266. The van der Waals surface area contributed by atoms with Crippen molar-refractivity contribution in [3.05, 3.63) is 0 Å². The number of hydrogen-bond donors (Lipinski definition) is 2. The van der Waals surface area contributed by atoms with Crippen LogP contribution in [0.15, 0.2) is 0 Å². The van der Waals surface area contributed by atoms with Gasteiger partial charge in [-0.25, -0.2) is 0 Å². The van der Waals surface area contributed by atoms with Crippen LogP contribution in [0.3, 0.4) is 0 Å². The van der Waals surface area contributed by atoms with Gasteiger partial charge in [0.15, 0.2) is 0 Å². The van der Waals surface area contributed by atoms with E-state index in [2.05, 4.69) is 6.07 Å². The lowest BCUT2D eigenvalue weighted by Gasteiger charge is -2.15. The summed E-state index contributed by atoms with van der Waals surface area (Å²) in [6.45, 7) is 1.94. The molecule has 16 heavy (non-hydrogen) atoms. The lowest BCUT2D eigenvalue weighted by atomic mass is 9.88. The number of rotatable bonds is 8. The number of carboxylic acid groups (broad SMARTS) is 2. The van der Waals surface area contributed by atoms with E-state index in [1.54, 1.807) is 0 Å². The van der Waals surface area contributed by atoms with Crippen LogP contribution in [0.5, 0.6) is 0 Å². The van der Waals surface area contributed by atoms with Crippen molar-refractivity contribution in [3.63, 3.8) is 0 Å². The zero-order chi connectivity index (χ0) is 12.6. The quantitative estimate of drug-likeness (QED) is 0.659. The predicted molar refractivity (Wildman–Crippen MR) is 56.6 cm³/mol. The molecule has 0 aromatic rings. The van der Waals surface area contributed by atoms with E-state index in [0.29, 0.717) is 12.8 Å². The lowest BCUT2D eigenvalue weighted by Crippen LogP contribution is -2.16. The summed E-state index contributed by atoms with van der Waals surface area (Å²) in [6.07, 6.45) is 1.50. The first kappa shape index (κ1) is 14.4. The van der Waals surface area contributed by atoms with E-state index in [4.69, 9.17) is 15.5 Å². The van der Waals surface area contributed by atoms with Gasteiger partial charge in [-0.3, -0.25) is 9.59 Å². The lowest BCUT2D eigenvalue weighted by molar-refractivity contribution is -0.140. The van der Waals surface area contributed by atoms with Crippen molar-refractivity contribution in [2.45, 2.75) is 39.0 Å². The first-order chi connectivity index (χ1) is 7.49. The normalized spacial score (nSPS) is 12.1. The molecule has 0 spiro atoms. The molecule has 1 atom stereocenters. The number of nitriles is 1. The molecular weight excluding hydrogens is 210 g/mol. The van der Waals surface area contributed by atoms with Crippen molar-refractivity contribution in [2.24, 2.45) is 11.8 Å². The molecule has 2 N–H and O–H groups in total. The number of carboxylic acids is 2. The van der Waals surface area contributed by atoms with Gasteiger partial charge in [0.1, 0.15) is 0 Å². The van der Waals surface area contributed by atoms with E-state index in [1.165, 1.54) is 0 Å². The summed E-state index contributed by atoms with van der Waals surface area (Å²) in [5.41, 5.74) is 0. The minimum Gasteiger partial charge on any atom is -0.481 e. The molecule has 0 radical (unpaired) electrons. The van der Waals surface area contributed by atoms with E-state index in [9.17, 15) is 9.59 Å². The molecular formula is C11H17NO4. The van der Waals surface area contributed by atoms with Crippen LogP contribution in [0.25, 0.3) is 0 Å². The average Bonchev–Trinajstić information content (AvgIpc) is 2.14. The fraction of sp³-hybridized carbons (Fsp3) is 0.727. The molecule has 0 aliphatic heterocycles. The standard InChI is InChI=1S/C11H17NO4/c1-2-3-8(7-12)4-9(5-10(13)14)6-11(15)16/h8-9H,2-6H2,1H3,(H,13,14)(H,15,16). The SMILES string of the molecule is CCCC(C#N)CC(CC(=O)O)CC(=O)O. The van der Waals surface area contributed by atoms with Crippen molar-refractivity contribution in [3.8, 4) is 6.07 Å². The highest BCUT2D eigenvalue weighted by Gasteiger charge is 2.21. The minimum absolute atomic E-state index is 0.186. The smallest absolute Gasteiger partial charge is 0.303 e. The number of carbonyl (C=O) groups is 2. The zero-order valence-electron chi connectivity index (χ0n) is 9.35. The minimum atomic E-state index is -1.01. The molecule has 0 heterocycles. The number of hydrogen-bond acceptors (Lipinski definition) is 3. The highest BCUT2D eigenvalue weighted by molar-refractivity contribution is 5.70. The Morgan fingerprint density at radius 1 is 1.25 bits per heavy atom. The summed E-state index contributed by atoms with van der Waals surface area (Å²) >= 11 is 0. The molecule has 0 saturated heterocycles. The van der Waals surface area contributed by atoms with Gasteiger partial charge in [0, 0.05) is 18.8 Å². The van der Waals surface area contributed by atoms with Crippen molar-refractivity contribution in [1.82, 2.24) is 0 Å². The van der Waals surface area contributed by atoms with Crippen molar-refractivity contribution in [2.75, 3.05) is 0 Å². The summed E-state index contributed by atoms with van der Waals surface area (Å²) < 4.78 is 0. The average molecular weight is 227 g/mol. The fourth-order valence-corrected chi connectivity index (χ4v) is 1.72. The van der Waals surface area contributed by atoms with Crippen molar-refractivity contribution >= 4 is 11.9 Å². The first-order valence-corrected chi connectivity index (χ1v) is 5.32. The molecule has 0 aliphatic rings. The first-order valence-electron chi connectivity index (χ1n) is 5.32. The van der Waals surface area contributed by atoms with E-state index in [-0.39, 0.29) is 18.8 Å². The topological polar surface area (TPSA) is 98.4 Å². The molecule has 0 fully saturated rings. The van der Waals surface area contributed by atoms with Crippen molar-refractivity contribution in [1.29, 1.82) is 5.26 Å². The van der Waals surface area contributed by atoms with Gasteiger partial charge in [-0.2, -0.15) is 5.26 Å². The third-order valence-electron chi connectivity index (χ3n) is 2.36. The Balaban J connectivity index is 4.33. The molecule has 5 nitrogen and oxygen atoms in total. The third-order valence-corrected chi connectivity index (χ3v) is 2.36. The number of nitrogens with zero attached hydrogens (tertiary/aromatic N) is 1. The van der Waals surface area contributed by atoms with Crippen molar-refractivity contribution < 1.29 is 19.8 Å². The predicted octanol–water partition coefficient (Wildman–Crippen LogP) is 1.88. The molecule has 0 amide bonds. The Morgan fingerprint density at radius 3 is 2.06 bits per heavy atom. The second kappa shape index (κ2) is 7.69. The molecule has 0 saturated carbocycles. The Kier molecular flexibility index (Phi) is 6.93. The summed E-state index contributed by atoms with van der Waals surface area (Å²) in [5.74, 6) is -2.72. The largest absolute Gasteiger partial charge is 0.481 e. The molecule has 0 bridgehead atoms. The van der Waals surface area contributed by atoms with Crippen LogP contribution in [0.2, 0.25) is 0 Å². The Hall–Kier alpha value is -1.57. The van der Waals surface area contributed by atoms with Crippen LogP contribution in [-0.4, -0.2) is 22.2 Å². The van der Waals surface area contributed by atoms with Gasteiger partial charge in [-0.15, -0.1) is 0 Å². The van der Waals surface area contributed by atoms with Gasteiger partial charge >= 0.3 is 11.9 Å². The van der Waals surface area contributed by atoms with Gasteiger partial charge in [-0.1, -0.05) is 13.3 Å². The van der Waals surface area contributed by atoms with Gasteiger partial charge in [0.2, 0.25) is 0 Å². The second-order valence-corrected chi connectivity index (χ2v) is 3.91. The monoisotopic (exact) mass is 227 g/mol. The van der Waals surface area contributed by atoms with E-state index < -0.39 is 17.9 Å². The molecule has 0 aromatic carbocycles. The third kappa shape index (κ3) is 6.82. The van der Waals surface area contributed by atoms with Crippen LogP contribution >= 0.6 is 0 Å². The Labute approximate surface area is 94.7 Å². The molecule has 0 aliphatic carbocycles. The van der Waals surface area contributed by atoms with Crippen LogP contribution in [0.4, 0.5) is 0 Å². The van der Waals surface area contributed by atoms with Gasteiger partial charge in [0.05, 0.1) is 6.07 Å². The highest BCUT2D eigenvalue weighted by Crippen LogP contribution is 2.22. The second-order valence-electron chi connectivity index (χ2n) is 3.91. The van der Waals surface area contributed by atoms with E-state index >= 15 is 0 Å². The van der Waals surface area contributed by atoms with Gasteiger partial charge in [-0.05, 0) is 18.8 Å². The summed E-state index contributed by atoms with van der Waals surface area (Å²) in [4.78, 5) is 21.1. The molecule has 0 aromatic heterocycles. The Morgan fingerprint density at radius 2 is 1.75 bits per heavy atom. The maximum atomic E-state index is 10.5. The maximum Gasteiger partial charge on any atom is 0.303 e. The maximum absolute atomic E-state index is 10.5. The highest BCUT2D eigenvalue weighted by atomic mass is 16.4. The molecule has 90 valence electrons. The van der Waals surface area contributed by atoms with Crippen LogP contribution in [-0.2, 0) is 9.59 Å². The molecule has 1 unspecified atom stereocenters. The van der Waals surface area contributed by atoms with Crippen LogP contribution in [0, 0.1) is 23.2 Å². The van der Waals surface area contributed by atoms with Crippen LogP contribution in [0.1, 0.15) is 39.0 Å². The fourth-order valence-electron chi connectivity index (χ4n) is 1.72. The van der Waals surface area contributed by atoms with Gasteiger partial charge < -0.3 is 10.2 Å². The van der Waals surface area contributed by atoms with Gasteiger partial charge in [0.25, 0.3) is 0 Å². The summed E-state index contributed by atoms with van der Waals surface area (Å²) in [6, 6.07) is 2.09. The molecule has 5 heteroatoms. The summed E-state index contributed by atoms with van der Waals surface area (Å²) in [5, 5.41) is 26.1. The van der Waals surface area contributed by atoms with E-state index in [0.717, 1.165) is 6.42 Å². The summed E-state index contributed by atoms with van der Waals surface area (Å²) in [7, 11) is 0.